The molecule has 0 radical (unpaired) electrons. The van der Waals surface area contributed by atoms with Crippen LogP contribution in [0.5, 0.6) is 23.0 Å². The zero-order chi connectivity index (χ0) is 21.6. The van der Waals surface area contributed by atoms with Crippen molar-refractivity contribution in [2.45, 2.75) is 0 Å². The highest BCUT2D eigenvalue weighted by molar-refractivity contribution is 9.10. The molecule has 2 amide bonds. The molecule has 0 atom stereocenters. The van der Waals surface area contributed by atoms with Gasteiger partial charge in [0, 0.05) is 10.6 Å². The van der Waals surface area contributed by atoms with E-state index in [9.17, 15) is 9.59 Å². The van der Waals surface area contributed by atoms with E-state index in [1.807, 2.05) is 0 Å². The number of hydrazine groups is 1. The molecule has 0 unspecified atom stereocenters. The number of amides is 2. The molecule has 2 rings (SSSR count). The molecule has 11 heteroatoms. The van der Waals surface area contributed by atoms with Gasteiger partial charge in [-0.3, -0.25) is 20.4 Å². The van der Waals surface area contributed by atoms with E-state index < -0.39 is 18.4 Å². The average molecular weight is 508 g/mol. The second-order valence-electron chi connectivity index (χ2n) is 5.40. The number of methoxy groups -OCH3 is 3. The van der Waals surface area contributed by atoms with Crippen LogP contribution in [-0.2, 0) is 4.79 Å². The zero-order valence-corrected chi connectivity index (χ0v) is 18.7. The van der Waals surface area contributed by atoms with Crippen LogP contribution in [-0.4, -0.2) is 39.8 Å². The summed E-state index contributed by atoms with van der Waals surface area (Å²) in [5, 5.41) is 0.648. The minimum atomic E-state index is -0.608. The molecule has 0 bridgehead atoms. The highest BCUT2D eigenvalue weighted by Crippen LogP contribution is 2.38. The van der Waals surface area contributed by atoms with Crippen molar-refractivity contribution in [2.75, 3.05) is 27.9 Å². The Morgan fingerprint density at radius 3 is 2.07 bits per heavy atom. The van der Waals surface area contributed by atoms with E-state index in [1.54, 1.807) is 6.07 Å². The summed E-state index contributed by atoms with van der Waals surface area (Å²) in [7, 11) is 4.31. The van der Waals surface area contributed by atoms with Crippen molar-refractivity contribution in [1.29, 1.82) is 0 Å². The Balaban J connectivity index is 1.99. The van der Waals surface area contributed by atoms with Crippen LogP contribution >= 0.6 is 39.1 Å². The second kappa shape index (κ2) is 10.4. The summed E-state index contributed by atoms with van der Waals surface area (Å²) >= 11 is 15.2. The van der Waals surface area contributed by atoms with Gasteiger partial charge in [0.05, 0.1) is 30.8 Å². The molecule has 0 saturated carbocycles. The lowest BCUT2D eigenvalue weighted by atomic mass is 10.1. The first-order valence-corrected chi connectivity index (χ1v) is 9.52. The Bertz CT molecular complexity index is 877. The molecule has 0 heterocycles. The fourth-order valence-electron chi connectivity index (χ4n) is 2.25. The first-order chi connectivity index (χ1) is 13.8. The van der Waals surface area contributed by atoms with E-state index in [2.05, 4.69) is 26.8 Å². The number of ether oxygens (including phenoxy) is 4. The molecule has 0 aliphatic rings. The molecule has 0 fully saturated rings. The van der Waals surface area contributed by atoms with Crippen molar-refractivity contribution in [1.82, 2.24) is 10.9 Å². The number of benzene rings is 2. The Hall–Kier alpha value is -2.36. The van der Waals surface area contributed by atoms with Gasteiger partial charge in [-0.05, 0) is 40.2 Å². The monoisotopic (exact) mass is 506 g/mol. The van der Waals surface area contributed by atoms with Crippen LogP contribution in [0.15, 0.2) is 28.7 Å². The maximum Gasteiger partial charge on any atom is 0.276 e. The molecule has 2 aromatic rings. The normalized spacial score (nSPS) is 10.1. The Morgan fingerprint density at radius 1 is 0.931 bits per heavy atom. The van der Waals surface area contributed by atoms with E-state index in [0.29, 0.717) is 26.7 Å². The molecule has 0 aromatic heterocycles. The van der Waals surface area contributed by atoms with E-state index in [0.717, 1.165) is 0 Å². The predicted octanol–water partition coefficient (Wildman–Crippen LogP) is 3.62. The fraction of sp³-hybridized carbons (Fsp3) is 0.222. The van der Waals surface area contributed by atoms with Gasteiger partial charge >= 0.3 is 0 Å². The first kappa shape index (κ1) is 22.9. The van der Waals surface area contributed by atoms with E-state index in [1.165, 1.54) is 39.5 Å². The lowest BCUT2D eigenvalue weighted by Gasteiger charge is -2.14. The molecule has 2 N–H and O–H groups in total. The van der Waals surface area contributed by atoms with Crippen molar-refractivity contribution in [2.24, 2.45) is 0 Å². The Kier molecular flexibility index (Phi) is 8.24. The van der Waals surface area contributed by atoms with Gasteiger partial charge < -0.3 is 18.9 Å². The van der Waals surface area contributed by atoms with Gasteiger partial charge in [-0.15, -0.1) is 0 Å². The van der Waals surface area contributed by atoms with Crippen molar-refractivity contribution >= 4 is 50.9 Å². The molecule has 29 heavy (non-hydrogen) atoms. The average Bonchev–Trinajstić information content (AvgIpc) is 2.69. The summed E-state index contributed by atoms with van der Waals surface area (Å²) in [5.41, 5.74) is 4.71. The summed E-state index contributed by atoms with van der Waals surface area (Å²) in [4.78, 5) is 24.3. The number of hydrogen-bond donors (Lipinski definition) is 2. The number of carbonyl (C=O) groups is 2. The molecular formula is C18H17BrCl2N2O6. The van der Waals surface area contributed by atoms with Gasteiger partial charge in [0.15, 0.2) is 23.9 Å². The van der Waals surface area contributed by atoms with Crippen molar-refractivity contribution in [3.05, 3.63) is 44.3 Å². The highest BCUT2D eigenvalue weighted by atomic mass is 79.9. The SMILES string of the molecule is COc1cc(C(=O)NNC(=O)COc2c(Cl)cc(Cl)cc2Br)cc(OC)c1OC. The quantitative estimate of drug-likeness (QED) is 0.556. The maximum atomic E-state index is 12.3. The largest absolute Gasteiger partial charge is 0.493 e. The third kappa shape index (κ3) is 5.81. The van der Waals surface area contributed by atoms with Crippen molar-refractivity contribution in [3.63, 3.8) is 0 Å². The Labute approximate surface area is 185 Å². The van der Waals surface area contributed by atoms with E-state index >= 15 is 0 Å². The van der Waals surface area contributed by atoms with Crippen molar-refractivity contribution < 1.29 is 28.5 Å². The van der Waals surface area contributed by atoms with Crippen LogP contribution in [0, 0.1) is 0 Å². The van der Waals surface area contributed by atoms with Crippen LogP contribution < -0.4 is 29.8 Å². The highest BCUT2D eigenvalue weighted by Gasteiger charge is 2.18. The third-order valence-electron chi connectivity index (χ3n) is 3.55. The molecule has 0 spiro atoms. The van der Waals surface area contributed by atoms with Gasteiger partial charge in [0.1, 0.15) is 0 Å². The van der Waals surface area contributed by atoms with Crippen LogP contribution in [0.25, 0.3) is 0 Å². The smallest absolute Gasteiger partial charge is 0.276 e. The van der Waals surface area contributed by atoms with Gasteiger partial charge in [0.2, 0.25) is 5.75 Å². The number of nitrogens with one attached hydrogen (secondary N) is 2. The van der Waals surface area contributed by atoms with Crippen molar-refractivity contribution in [3.8, 4) is 23.0 Å². The minimum absolute atomic E-state index is 0.184. The summed E-state index contributed by atoms with van der Waals surface area (Å²) in [6, 6.07) is 5.95. The standard InChI is InChI=1S/C18H17BrCl2N2O6/c1-26-13-4-9(5-14(27-2)17(13)28-3)18(25)23-22-15(24)8-29-16-11(19)6-10(20)7-12(16)21/h4-7H,8H2,1-3H3,(H,22,24)(H,23,25). The Morgan fingerprint density at radius 2 is 1.55 bits per heavy atom. The van der Waals surface area contributed by atoms with Gasteiger partial charge in [-0.2, -0.15) is 0 Å². The molecule has 2 aromatic carbocycles. The summed E-state index contributed by atoms with van der Waals surface area (Å²) in [6.45, 7) is -0.393. The molecule has 0 saturated heterocycles. The first-order valence-electron chi connectivity index (χ1n) is 7.97. The number of rotatable bonds is 7. The van der Waals surface area contributed by atoms with Gasteiger partial charge in [-0.25, -0.2) is 0 Å². The molecule has 8 nitrogen and oxygen atoms in total. The molecule has 0 aliphatic heterocycles. The second-order valence-corrected chi connectivity index (χ2v) is 7.10. The lowest BCUT2D eigenvalue weighted by Crippen LogP contribution is -2.43. The summed E-state index contributed by atoms with van der Waals surface area (Å²) in [6.07, 6.45) is 0. The molecule has 156 valence electrons. The lowest BCUT2D eigenvalue weighted by molar-refractivity contribution is -0.123. The number of hydrogen-bond acceptors (Lipinski definition) is 6. The third-order valence-corrected chi connectivity index (χ3v) is 4.64. The zero-order valence-electron chi connectivity index (χ0n) is 15.6. The summed E-state index contributed by atoms with van der Waals surface area (Å²) < 4.78 is 21.4. The van der Waals surface area contributed by atoms with Crippen LogP contribution in [0.2, 0.25) is 10.0 Å². The van der Waals surface area contributed by atoms with E-state index in [4.69, 9.17) is 42.1 Å². The van der Waals surface area contributed by atoms with E-state index in [-0.39, 0.29) is 16.3 Å². The fourth-order valence-corrected chi connectivity index (χ4v) is 3.62. The molecule has 0 aliphatic carbocycles. The topological polar surface area (TPSA) is 95.1 Å². The molecular weight excluding hydrogens is 491 g/mol. The number of carbonyl (C=O) groups excluding carboxylic acids is 2. The minimum Gasteiger partial charge on any atom is -0.493 e. The number of halogens is 3. The van der Waals surface area contributed by atoms with Crippen LogP contribution in [0.3, 0.4) is 0 Å². The maximum absolute atomic E-state index is 12.3. The van der Waals surface area contributed by atoms with Crippen LogP contribution in [0.4, 0.5) is 0 Å². The summed E-state index contributed by atoms with van der Waals surface area (Å²) in [5.74, 6) is -0.00799. The van der Waals surface area contributed by atoms with Crippen LogP contribution in [0.1, 0.15) is 10.4 Å². The predicted molar refractivity (Wildman–Crippen MR) is 111 cm³/mol. The van der Waals surface area contributed by atoms with Gasteiger partial charge in [-0.1, -0.05) is 23.2 Å². The van der Waals surface area contributed by atoms with Gasteiger partial charge in [0.25, 0.3) is 11.8 Å².